The number of carbonyl (C=O) groups excluding carboxylic acids is 1. The van der Waals surface area contributed by atoms with Crippen LogP contribution in [0.15, 0.2) is 16.5 Å². The Bertz CT molecular complexity index is 579. The monoisotopic (exact) mass is 292 g/mol. The predicted molar refractivity (Wildman–Crippen MR) is 75.9 cm³/mol. The number of hydrogen-bond donors (Lipinski definition) is 1. The van der Waals surface area contributed by atoms with E-state index in [1.807, 2.05) is 0 Å². The fourth-order valence-corrected chi connectivity index (χ4v) is 3.72. The molecule has 5 nitrogen and oxygen atoms in total. The van der Waals surface area contributed by atoms with E-state index < -0.39 is 5.97 Å². The second kappa shape index (κ2) is 5.36. The van der Waals surface area contributed by atoms with Gasteiger partial charge in [-0.1, -0.05) is 0 Å². The van der Waals surface area contributed by atoms with E-state index in [9.17, 15) is 9.59 Å². The molecular weight excluding hydrogens is 276 g/mol. The van der Waals surface area contributed by atoms with Gasteiger partial charge in [0.1, 0.15) is 0 Å². The average Bonchev–Trinajstić information content (AvgIpc) is 2.87. The van der Waals surface area contributed by atoms with Gasteiger partial charge >= 0.3 is 5.97 Å². The second-order valence-electron chi connectivity index (χ2n) is 5.20. The van der Waals surface area contributed by atoms with Crippen LogP contribution in [0.1, 0.15) is 36.1 Å². The highest BCUT2D eigenvalue weighted by molar-refractivity contribution is 7.10. The number of nitrogens with zero attached hydrogens (tertiary/aromatic N) is 2. The van der Waals surface area contributed by atoms with Gasteiger partial charge in [0.05, 0.1) is 5.71 Å². The van der Waals surface area contributed by atoms with Crippen molar-refractivity contribution in [1.82, 2.24) is 5.01 Å². The third-order valence-electron chi connectivity index (χ3n) is 3.83. The van der Waals surface area contributed by atoms with Crippen molar-refractivity contribution in [2.75, 3.05) is 6.54 Å². The molecule has 20 heavy (non-hydrogen) atoms. The molecule has 1 aliphatic heterocycles. The molecule has 2 heterocycles. The van der Waals surface area contributed by atoms with Gasteiger partial charge < -0.3 is 5.11 Å². The van der Waals surface area contributed by atoms with E-state index in [0.29, 0.717) is 19.4 Å². The van der Waals surface area contributed by atoms with Crippen molar-refractivity contribution < 1.29 is 14.7 Å². The lowest BCUT2D eigenvalue weighted by atomic mass is 9.83. The number of carbonyl (C=O) groups is 2. The molecule has 0 saturated heterocycles. The minimum atomic E-state index is -0.835. The first-order valence-corrected chi connectivity index (χ1v) is 7.70. The molecule has 0 saturated carbocycles. The highest BCUT2D eigenvalue weighted by Crippen LogP contribution is 2.34. The van der Waals surface area contributed by atoms with Crippen LogP contribution in [0.5, 0.6) is 0 Å². The molecule has 1 aliphatic carbocycles. The van der Waals surface area contributed by atoms with Gasteiger partial charge in [-0.2, -0.15) is 5.10 Å². The zero-order chi connectivity index (χ0) is 14.1. The molecule has 6 heteroatoms. The third kappa shape index (κ3) is 2.47. The lowest BCUT2D eigenvalue weighted by molar-refractivity contribution is -0.138. The summed E-state index contributed by atoms with van der Waals surface area (Å²) in [5.74, 6) is -0.582. The molecule has 2 aliphatic rings. The Hall–Kier alpha value is -1.69. The number of carboxylic acids is 1. The number of thiophene rings is 1. The van der Waals surface area contributed by atoms with Crippen molar-refractivity contribution in [3.63, 3.8) is 0 Å². The SMILES string of the molecule is O=C(O)CCCN1N=C2c3ccsc3CCC2CC1=O. The minimum Gasteiger partial charge on any atom is -0.481 e. The number of hydrazone groups is 1. The fraction of sp³-hybridized carbons (Fsp3) is 0.500. The van der Waals surface area contributed by atoms with Gasteiger partial charge in [-0.25, -0.2) is 5.01 Å². The first kappa shape index (κ1) is 13.3. The Morgan fingerprint density at radius 2 is 2.40 bits per heavy atom. The molecule has 3 rings (SSSR count). The van der Waals surface area contributed by atoms with Gasteiger partial charge in [-0.3, -0.25) is 9.59 Å². The van der Waals surface area contributed by atoms with Crippen LogP contribution in [0.3, 0.4) is 0 Å². The van der Waals surface area contributed by atoms with Gasteiger partial charge in [0.25, 0.3) is 0 Å². The Morgan fingerprint density at radius 3 is 3.20 bits per heavy atom. The van der Waals surface area contributed by atoms with Gasteiger partial charge in [-0.15, -0.1) is 11.3 Å². The van der Waals surface area contributed by atoms with Crippen LogP contribution in [-0.2, 0) is 16.0 Å². The van der Waals surface area contributed by atoms with Gasteiger partial charge in [0.2, 0.25) is 5.91 Å². The van der Waals surface area contributed by atoms with Crippen molar-refractivity contribution in [3.8, 4) is 0 Å². The van der Waals surface area contributed by atoms with Crippen LogP contribution in [0.2, 0.25) is 0 Å². The summed E-state index contributed by atoms with van der Waals surface area (Å²) in [6, 6.07) is 2.08. The number of amides is 1. The number of aliphatic carboxylic acids is 1. The van der Waals surface area contributed by atoms with E-state index in [-0.39, 0.29) is 18.2 Å². The standard InChI is InChI=1S/C14H16N2O3S/c17-12-8-9-3-4-11-10(5-7-20-11)14(9)15-16(12)6-1-2-13(18)19/h5,7,9H,1-4,6,8H2,(H,18,19). The summed E-state index contributed by atoms with van der Waals surface area (Å²) < 4.78 is 0. The van der Waals surface area contributed by atoms with Crippen LogP contribution in [0, 0.1) is 5.92 Å². The summed E-state index contributed by atoms with van der Waals surface area (Å²) in [7, 11) is 0. The van der Waals surface area contributed by atoms with Crippen LogP contribution in [0.25, 0.3) is 0 Å². The fourth-order valence-electron chi connectivity index (χ4n) is 2.82. The molecule has 0 fully saturated rings. The van der Waals surface area contributed by atoms with E-state index in [1.54, 1.807) is 11.3 Å². The van der Waals surface area contributed by atoms with E-state index in [2.05, 4.69) is 16.5 Å². The summed E-state index contributed by atoms with van der Waals surface area (Å²) in [5.41, 5.74) is 2.20. The molecule has 1 atom stereocenters. The smallest absolute Gasteiger partial charge is 0.303 e. The highest BCUT2D eigenvalue weighted by atomic mass is 32.1. The van der Waals surface area contributed by atoms with Gasteiger partial charge in [0, 0.05) is 35.7 Å². The molecule has 1 aromatic rings. The molecule has 1 aromatic heterocycles. The van der Waals surface area contributed by atoms with Crippen LogP contribution < -0.4 is 0 Å². The van der Waals surface area contributed by atoms with E-state index in [0.717, 1.165) is 18.6 Å². The maximum atomic E-state index is 12.0. The lowest BCUT2D eigenvalue weighted by Gasteiger charge is -2.32. The average molecular weight is 292 g/mol. The predicted octanol–water partition coefficient (Wildman–Crippen LogP) is 2.11. The normalized spacial score (nSPS) is 21.2. The van der Waals surface area contributed by atoms with Crippen LogP contribution in [-0.4, -0.2) is 34.2 Å². The highest BCUT2D eigenvalue weighted by Gasteiger charge is 2.34. The Morgan fingerprint density at radius 1 is 1.55 bits per heavy atom. The lowest BCUT2D eigenvalue weighted by Crippen LogP contribution is -2.39. The van der Waals surface area contributed by atoms with E-state index in [1.165, 1.54) is 15.4 Å². The van der Waals surface area contributed by atoms with E-state index >= 15 is 0 Å². The quantitative estimate of drug-likeness (QED) is 0.924. The number of hydrogen-bond acceptors (Lipinski definition) is 4. The number of carboxylic acid groups (broad SMARTS) is 1. The van der Waals surface area contributed by atoms with Crippen molar-refractivity contribution >= 4 is 28.9 Å². The number of fused-ring (bicyclic) bond motifs is 3. The van der Waals surface area contributed by atoms with Crippen molar-refractivity contribution in [2.45, 2.75) is 32.1 Å². The number of aryl methyl sites for hydroxylation is 1. The van der Waals surface area contributed by atoms with Crippen molar-refractivity contribution in [2.24, 2.45) is 11.0 Å². The molecular formula is C14H16N2O3S. The maximum absolute atomic E-state index is 12.0. The molecule has 106 valence electrons. The molecule has 1 unspecified atom stereocenters. The molecule has 0 aromatic carbocycles. The summed E-state index contributed by atoms with van der Waals surface area (Å²) in [6.07, 6.45) is 3.03. The minimum absolute atomic E-state index is 0.0165. The zero-order valence-corrected chi connectivity index (χ0v) is 11.9. The Labute approximate surface area is 120 Å². The van der Waals surface area contributed by atoms with Crippen molar-refractivity contribution in [1.29, 1.82) is 0 Å². The Balaban J connectivity index is 1.79. The number of rotatable bonds is 4. The summed E-state index contributed by atoms with van der Waals surface area (Å²) >= 11 is 1.74. The topological polar surface area (TPSA) is 70.0 Å². The first-order valence-electron chi connectivity index (χ1n) is 6.82. The molecule has 0 radical (unpaired) electrons. The summed E-state index contributed by atoms with van der Waals surface area (Å²) in [6.45, 7) is 0.390. The van der Waals surface area contributed by atoms with E-state index in [4.69, 9.17) is 5.11 Å². The third-order valence-corrected chi connectivity index (χ3v) is 4.81. The van der Waals surface area contributed by atoms with Crippen molar-refractivity contribution in [3.05, 3.63) is 21.9 Å². The summed E-state index contributed by atoms with van der Waals surface area (Å²) in [5, 5.41) is 16.7. The molecule has 0 spiro atoms. The molecule has 1 amide bonds. The second-order valence-corrected chi connectivity index (χ2v) is 6.20. The Kier molecular flexibility index (Phi) is 3.56. The van der Waals surface area contributed by atoms with Crippen LogP contribution >= 0.6 is 11.3 Å². The summed E-state index contributed by atoms with van der Waals surface area (Å²) in [4.78, 5) is 23.9. The van der Waals surface area contributed by atoms with Gasteiger partial charge in [-0.05, 0) is 30.7 Å². The molecule has 0 bridgehead atoms. The maximum Gasteiger partial charge on any atom is 0.303 e. The van der Waals surface area contributed by atoms with Crippen LogP contribution in [0.4, 0.5) is 0 Å². The first-order chi connectivity index (χ1) is 9.65. The largest absolute Gasteiger partial charge is 0.481 e. The zero-order valence-electron chi connectivity index (χ0n) is 11.0. The molecule has 1 N–H and O–H groups in total. The van der Waals surface area contributed by atoms with Gasteiger partial charge in [0.15, 0.2) is 0 Å².